The van der Waals surface area contributed by atoms with Crippen LogP contribution in [0.4, 0.5) is 11.4 Å². The summed E-state index contributed by atoms with van der Waals surface area (Å²) in [5.74, 6) is -0.632. The molecule has 0 aliphatic carbocycles. The number of nitrogens with one attached hydrogen (secondary N) is 4. The zero-order chi connectivity index (χ0) is 33.8. The molecular weight excluding hydrogens is 628 g/mol. The Hall–Kier alpha value is -5.64. The second kappa shape index (κ2) is 10.4. The molecule has 4 aromatic carbocycles. The van der Waals surface area contributed by atoms with E-state index in [0.717, 1.165) is 33.6 Å². The first kappa shape index (κ1) is 29.3. The van der Waals surface area contributed by atoms with Gasteiger partial charge >= 0.3 is 0 Å². The number of amides is 4. The van der Waals surface area contributed by atoms with Crippen LogP contribution >= 0.6 is 0 Å². The molecule has 10 nitrogen and oxygen atoms in total. The van der Waals surface area contributed by atoms with Crippen molar-refractivity contribution < 1.29 is 19.2 Å². The Morgan fingerprint density at radius 2 is 0.880 bits per heavy atom. The fourth-order valence-electron chi connectivity index (χ4n) is 10.4. The average Bonchev–Trinajstić information content (AvgIpc) is 3.85. The lowest BCUT2D eigenvalue weighted by atomic mass is 9.54. The van der Waals surface area contributed by atoms with Crippen molar-refractivity contribution in [3.05, 3.63) is 131 Å². The molecule has 0 radical (unpaired) electrons. The number of nitrogens with zero attached hydrogens (tertiary/aromatic N) is 2. The van der Waals surface area contributed by atoms with E-state index in [0.29, 0.717) is 25.7 Å². The summed E-state index contributed by atoms with van der Waals surface area (Å²) < 4.78 is 0. The normalized spacial score (nSPS) is 32.9. The molecule has 4 fully saturated rings. The summed E-state index contributed by atoms with van der Waals surface area (Å²) >= 11 is 0. The van der Waals surface area contributed by atoms with Gasteiger partial charge in [0.05, 0.1) is 10.8 Å². The minimum Gasteiger partial charge on any atom is -0.364 e. The average molecular weight is 665 g/mol. The molecule has 250 valence electrons. The van der Waals surface area contributed by atoms with Crippen LogP contribution in [0.2, 0.25) is 0 Å². The van der Waals surface area contributed by atoms with Gasteiger partial charge in [0.2, 0.25) is 23.6 Å². The Morgan fingerprint density at radius 1 is 0.500 bits per heavy atom. The third kappa shape index (κ3) is 3.73. The molecule has 10 rings (SSSR count). The number of rotatable bonds is 5. The summed E-state index contributed by atoms with van der Waals surface area (Å²) in [6, 6.07) is 32.8. The van der Waals surface area contributed by atoms with Gasteiger partial charge in [-0.05, 0) is 47.2 Å². The number of piperazine rings is 2. The molecule has 1 unspecified atom stereocenters. The monoisotopic (exact) mass is 664 g/mol. The zero-order valence-corrected chi connectivity index (χ0v) is 27.2. The van der Waals surface area contributed by atoms with Crippen LogP contribution in [0.1, 0.15) is 35.1 Å². The first-order valence-electron chi connectivity index (χ1n) is 17.5. The van der Waals surface area contributed by atoms with E-state index in [2.05, 4.69) is 33.4 Å². The molecule has 6 aliphatic rings. The lowest BCUT2D eigenvalue weighted by molar-refractivity contribution is -0.149. The minimum absolute atomic E-state index is 0.134. The van der Waals surface area contributed by atoms with Crippen LogP contribution in [-0.4, -0.2) is 69.9 Å². The smallest absolute Gasteiger partial charge is 0.247 e. The van der Waals surface area contributed by atoms with Gasteiger partial charge in [-0.1, -0.05) is 97.1 Å². The molecule has 4 amide bonds. The molecular formula is C40H36N6O4. The SMILES string of the molecule is O=C1N[C@@H](Cc2ccccc2)C(=O)N2[C@H]3Nc4ccccc4C3([C@]34C[C@H]5C(=O)N[C@@H](Cc6ccccc6)C(=O)N5[C@H]3Nc3ccccc34)C[C@@H]12. The Kier molecular flexibility index (Phi) is 6.11. The van der Waals surface area contributed by atoms with Crippen molar-refractivity contribution in [2.24, 2.45) is 0 Å². The van der Waals surface area contributed by atoms with Crippen LogP contribution in [-0.2, 0) is 42.8 Å². The van der Waals surface area contributed by atoms with Gasteiger partial charge in [0.1, 0.15) is 36.5 Å². The van der Waals surface area contributed by atoms with Gasteiger partial charge in [-0.25, -0.2) is 0 Å². The van der Waals surface area contributed by atoms with Crippen LogP contribution in [0.25, 0.3) is 0 Å². The van der Waals surface area contributed by atoms with E-state index < -0.39 is 47.3 Å². The highest BCUT2D eigenvalue weighted by Gasteiger charge is 2.78. The van der Waals surface area contributed by atoms with E-state index in [9.17, 15) is 19.2 Å². The van der Waals surface area contributed by atoms with Crippen molar-refractivity contribution in [3.8, 4) is 0 Å². The molecule has 8 atom stereocenters. The molecule has 4 saturated heterocycles. The number of carbonyl (C=O) groups is 4. The predicted molar refractivity (Wildman–Crippen MR) is 186 cm³/mol. The van der Waals surface area contributed by atoms with Gasteiger partial charge in [0, 0.05) is 24.2 Å². The summed E-state index contributed by atoms with van der Waals surface area (Å²) in [6.45, 7) is 0. The number of hydrogen-bond donors (Lipinski definition) is 4. The summed E-state index contributed by atoms with van der Waals surface area (Å²) in [7, 11) is 0. The molecule has 0 bridgehead atoms. The van der Waals surface area contributed by atoms with Gasteiger partial charge in [0.25, 0.3) is 0 Å². The van der Waals surface area contributed by atoms with E-state index in [4.69, 9.17) is 0 Å². The van der Waals surface area contributed by atoms with Gasteiger partial charge in [-0.2, -0.15) is 0 Å². The summed E-state index contributed by atoms with van der Waals surface area (Å²) in [6.07, 6.45) is 0.273. The van der Waals surface area contributed by atoms with E-state index in [-0.39, 0.29) is 23.6 Å². The van der Waals surface area contributed by atoms with Crippen molar-refractivity contribution in [1.82, 2.24) is 20.4 Å². The number of para-hydroxylation sites is 2. The van der Waals surface area contributed by atoms with Crippen LogP contribution < -0.4 is 21.3 Å². The zero-order valence-electron chi connectivity index (χ0n) is 27.2. The Bertz CT molecular complexity index is 1940. The molecule has 6 aliphatic heterocycles. The lowest BCUT2D eigenvalue weighted by Crippen LogP contribution is -2.67. The molecule has 4 N–H and O–H groups in total. The molecule has 10 heteroatoms. The second-order valence-electron chi connectivity index (χ2n) is 14.6. The maximum atomic E-state index is 14.6. The third-order valence-electron chi connectivity index (χ3n) is 12.3. The predicted octanol–water partition coefficient (Wildman–Crippen LogP) is 3.05. The maximum Gasteiger partial charge on any atom is 0.247 e. The van der Waals surface area contributed by atoms with E-state index in [1.807, 2.05) is 97.1 Å². The van der Waals surface area contributed by atoms with Crippen molar-refractivity contribution >= 4 is 35.0 Å². The van der Waals surface area contributed by atoms with Crippen molar-refractivity contribution in [1.29, 1.82) is 0 Å². The van der Waals surface area contributed by atoms with Crippen molar-refractivity contribution in [3.63, 3.8) is 0 Å². The number of benzene rings is 4. The first-order chi connectivity index (χ1) is 24.4. The topological polar surface area (TPSA) is 123 Å². The molecule has 4 aromatic rings. The summed E-state index contributed by atoms with van der Waals surface area (Å²) in [5.41, 5.74) is 4.00. The lowest BCUT2D eigenvalue weighted by Gasteiger charge is -2.48. The van der Waals surface area contributed by atoms with Crippen LogP contribution in [0, 0.1) is 0 Å². The first-order valence-corrected chi connectivity index (χ1v) is 17.5. The molecule has 0 spiro atoms. The third-order valence-corrected chi connectivity index (χ3v) is 12.3. The highest BCUT2D eigenvalue weighted by molar-refractivity contribution is 6.01. The fourth-order valence-corrected chi connectivity index (χ4v) is 10.4. The molecule has 50 heavy (non-hydrogen) atoms. The number of fused-ring (bicyclic) bond motifs is 11. The Labute approximate surface area is 289 Å². The highest BCUT2D eigenvalue weighted by atomic mass is 16.2. The molecule has 0 aromatic heterocycles. The molecule has 6 heterocycles. The van der Waals surface area contributed by atoms with Gasteiger partial charge < -0.3 is 31.1 Å². The van der Waals surface area contributed by atoms with Crippen LogP contribution in [0.15, 0.2) is 109 Å². The van der Waals surface area contributed by atoms with Crippen LogP contribution in [0.3, 0.4) is 0 Å². The fraction of sp³-hybridized carbons (Fsp3) is 0.300. The standard InChI is InChI=1S/C40H36N6O4/c47-33-31-21-39(25-15-7-9-17-27(25)43-37(39)45(31)35(49)29(41-33)19-23-11-3-1-4-12-23)40-22-32-34(48)42-30(20-24-13-5-2-6-14-24)36(50)46(32)38(40)44-28-18-10-8-16-26(28)40/h1-18,29-32,37-38,43-44H,19-22H2,(H,41,47)(H,42,48)/t29-,30-,31-,32-,37+,38+,39-,40?/m0/s1. The summed E-state index contributed by atoms with van der Waals surface area (Å²) in [5, 5.41) is 13.6. The quantitative estimate of drug-likeness (QED) is 0.260. The largest absolute Gasteiger partial charge is 0.364 e. The van der Waals surface area contributed by atoms with Gasteiger partial charge in [-0.15, -0.1) is 0 Å². The van der Waals surface area contributed by atoms with E-state index >= 15 is 0 Å². The number of carbonyl (C=O) groups excluding carboxylic acids is 4. The van der Waals surface area contributed by atoms with Crippen molar-refractivity contribution in [2.45, 2.75) is 73.0 Å². The number of anilines is 2. The van der Waals surface area contributed by atoms with Crippen LogP contribution in [0.5, 0.6) is 0 Å². The number of hydrogen-bond acceptors (Lipinski definition) is 6. The summed E-state index contributed by atoms with van der Waals surface area (Å²) in [4.78, 5) is 61.2. The highest BCUT2D eigenvalue weighted by Crippen LogP contribution is 2.68. The minimum atomic E-state index is -0.861. The van der Waals surface area contributed by atoms with E-state index in [1.54, 1.807) is 9.80 Å². The molecule has 0 saturated carbocycles. The Morgan fingerprint density at radius 3 is 1.30 bits per heavy atom. The van der Waals surface area contributed by atoms with Gasteiger partial charge in [-0.3, -0.25) is 19.2 Å². The van der Waals surface area contributed by atoms with Gasteiger partial charge in [0.15, 0.2) is 0 Å². The van der Waals surface area contributed by atoms with E-state index in [1.165, 1.54) is 0 Å². The Balaban J connectivity index is 1.13. The second-order valence-corrected chi connectivity index (χ2v) is 14.6. The van der Waals surface area contributed by atoms with Crippen molar-refractivity contribution in [2.75, 3.05) is 10.6 Å². The maximum absolute atomic E-state index is 14.6.